The van der Waals surface area contributed by atoms with Crippen molar-refractivity contribution in [3.8, 4) is 17.0 Å². The van der Waals surface area contributed by atoms with Crippen molar-refractivity contribution in [2.45, 2.75) is 19.8 Å². The topological polar surface area (TPSA) is 50.2 Å². The van der Waals surface area contributed by atoms with E-state index >= 15 is 0 Å². The second-order valence-corrected chi connectivity index (χ2v) is 6.06. The SMILES string of the molecule is CC(C)c1ccc(O)c(C(=O)c2ccc(-c3ccccc3)nc2)c1. The van der Waals surface area contributed by atoms with E-state index in [1.165, 1.54) is 0 Å². The van der Waals surface area contributed by atoms with E-state index < -0.39 is 0 Å². The Labute approximate surface area is 141 Å². The van der Waals surface area contributed by atoms with Gasteiger partial charge in [0.25, 0.3) is 0 Å². The van der Waals surface area contributed by atoms with E-state index in [0.29, 0.717) is 11.1 Å². The third kappa shape index (κ3) is 3.20. The van der Waals surface area contributed by atoms with Gasteiger partial charge in [-0.05, 0) is 35.7 Å². The average Bonchev–Trinajstić information content (AvgIpc) is 2.62. The molecule has 0 amide bonds. The van der Waals surface area contributed by atoms with E-state index in [1.54, 1.807) is 24.4 Å². The number of nitrogens with zero attached hydrogens (tertiary/aromatic N) is 1. The monoisotopic (exact) mass is 317 g/mol. The molecule has 0 atom stereocenters. The van der Waals surface area contributed by atoms with Crippen molar-refractivity contribution in [2.24, 2.45) is 0 Å². The van der Waals surface area contributed by atoms with Crippen molar-refractivity contribution in [3.63, 3.8) is 0 Å². The van der Waals surface area contributed by atoms with Crippen molar-refractivity contribution >= 4 is 5.78 Å². The summed E-state index contributed by atoms with van der Waals surface area (Å²) in [6, 6.07) is 18.5. The van der Waals surface area contributed by atoms with E-state index in [-0.39, 0.29) is 17.5 Å². The molecule has 3 rings (SSSR count). The zero-order valence-electron chi connectivity index (χ0n) is 13.7. The average molecular weight is 317 g/mol. The van der Waals surface area contributed by atoms with Crippen LogP contribution in [-0.4, -0.2) is 15.9 Å². The Bertz CT molecular complexity index is 853. The maximum atomic E-state index is 12.7. The Morgan fingerprint density at radius 3 is 2.38 bits per heavy atom. The van der Waals surface area contributed by atoms with Crippen molar-refractivity contribution in [1.82, 2.24) is 4.98 Å². The number of benzene rings is 2. The molecule has 0 aliphatic carbocycles. The molecule has 0 saturated carbocycles. The lowest BCUT2D eigenvalue weighted by atomic mass is 9.96. The molecule has 0 radical (unpaired) electrons. The third-order valence-corrected chi connectivity index (χ3v) is 4.03. The van der Waals surface area contributed by atoms with E-state index in [4.69, 9.17) is 0 Å². The number of carbonyl (C=O) groups is 1. The van der Waals surface area contributed by atoms with E-state index in [9.17, 15) is 9.90 Å². The lowest BCUT2D eigenvalue weighted by molar-refractivity contribution is 0.103. The number of hydrogen-bond acceptors (Lipinski definition) is 3. The molecule has 0 fully saturated rings. The molecule has 0 saturated heterocycles. The molecule has 0 aliphatic heterocycles. The van der Waals surface area contributed by atoms with Crippen LogP contribution in [0.2, 0.25) is 0 Å². The zero-order valence-corrected chi connectivity index (χ0v) is 13.7. The van der Waals surface area contributed by atoms with Crippen LogP contribution in [0.5, 0.6) is 5.75 Å². The Morgan fingerprint density at radius 2 is 1.75 bits per heavy atom. The van der Waals surface area contributed by atoms with Gasteiger partial charge < -0.3 is 5.11 Å². The van der Waals surface area contributed by atoms with Gasteiger partial charge in [0.05, 0.1) is 11.3 Å². The first-order valence-corrected chi connectivity index (χ1v) is 7.95. The molecule has 0 bridgehead atoms. The highest BCUT2D eigenvalue weighted by molar-refractivity contribution is 6.10. The fourth-order valence-electron chi connectivity index (χ4n) is 2.56. The Morgan fingerprint density at radius 1 is 1.00 bits per heavy atom. The van der Waals surface area contributed by atoms with Crippen molar-refractivity contribution in [2.75, 3.05) is 0 Å². The summed E-state index contributed by atoms with van der Waals surface area (Å²) in [6.45, 7) is 4.10. The first kappa shape index (κ1) is 15.9. The molecule has 2 aromatic carbocycles. The minimum Gasteiger partial charge on any atom is -0.507 e. The van der Waals surface area contributed by atoms with Crippen LogP contribution in [0.15, 0.2) is 66.9 Å². The molecule has 3 heteroatoms. The Hall–Kier alpha value is -2.94. The molecule has 0 unspecified atom stereocenters. The zero-order chi connectivity index (χ0) is 17.1. The van der Waals surface area contributed by atoms with Gasteiger partial charge in [-0.2, -0.15) is 0 Å². The predicted octanol–water partition coefficient (Wildman–Crippen LogP) is 4.81. The van der Waals surface area contributed by atoms with Gasteiger partial charge in [0.2, 0.25) is 0 Å². The van der Waals surface area contributed by atoms with Crippen LogP contribution in [0.1, 0.15) is 41.3 Å². The normalized spacial score (nSPS) is 10.8. The number of carbonyl (C=O) groups excluding carboxylic acids is 1. The summed E-state index contributed by atoms with van der Waals surface area (Å²) in [4.78, 5) is 17.1. The van der Waals surface area contributed by atoms with Gasteiger partial charge in [-0.15, -0.1) is 0 Å². The number of hydrogen-bond donors (Lipinski definition) is 1. The molecular weight excluding hydrogens is 298 g/mol. The summed E-state index contributed by atoms with van der Waals surface area (Å²) in [7, 11) is 0. The molecule has 1 N–H and O–H groups in total. The number of phenols is 1. The Balaban J connectivity index is 1.92. The van der Waals surface area contributed by atoms with Crippen LogP contribution in [0.4, 0.5) is 0 Å². The highest BCUT2D eigenvalue weighted by atomic mass is 16.3. The molecule has 0 spiro atoms. The third-order valence-electron chi connectivity index (χ3n) is 4.03. The fraction of sp³-hybridized carbons (Fsp3) is 0.143. The summed E-state index contributed by atoms with van der Waals surface area (Å²) < 4.78 is 0. The highest BCUT2D eigenvalue weighted by Crippen LogP contribution is 2.26. The van der Waals surface area contributed by atoms with Gasteiger partial charge in [-0.25, -0.2) is 0 Å². The molecule has 1 heterocycles. The van der Waals surface area contributed by atoms with Gasteiger partial charge in [0.15, 0.2) is 5.78 Å². The minimum atomic E-state index is -0.220. The van der Waals surface area contributed by atoms with Gasteiger partial charge in [-0.1, -0.05) is 50.2 Å². The molecule has 0 aliphatic rings. The molecule has 24 heavy (non-hydrogen) atoms. The summed E-state index contributed by atoms with van der Waals surface area (Å²) in [5.74, 6) is 0.0642. The van der Waals surface area contributed by atoms with Gasteiger partial charge in [-0.3, -0.25) is 9.78 Å². The number of pyridine rings is 1. The highest BCUT2D eigenvalue weighted by Gasteiger charge is 2.16. The molecular formula is C21H19NO2. The van der Waals surface area contributed by atoms with Crippen molar-refractivity contribution in [1.29, 1.82) is 0 Å². The van der Waals surface area contributed by atoms with Gasteiger partial charge >= 0.3 is 0 Å². The van der Waals surface area contributed by atoms with Crippen LogP contribution < -0.4 is 0 Å². The fourth-order valence-corrected chi connectivity index (χ4v) is 2.56. The maximum Gasteiger partial charge on any atom is 0.198 e. The molecule has 120 valence electrons. The number of phenolic OH excluding ortho intramolecular Hbond substituents is 1. The Kier molecular flexibility index (Phi) is 4.43. The standard InChI is InChI=1S/C21H19NO2/c1-14(2)16-9-11-20(23)18(12-16)21(24)17-8-10-19(22-13-17)15-6-4-3-5-7-15/h3-14,23H,1-2H3. The van der Waals surface area contributed by atoms with Crippen LogP contribution in [0.3, 0.4) is 0 Å². The predicted molar refractivity (Wildman–Crippen MR) is 95.3 cm³/mol. The molecule has 3 aromatic rings. The smallest absolute Gasteiger partial charge is 0.198 e. The number of aromatic hydroxyl groups is 1. The summed E-state index contributed by atoms with van der Waals surface area (Å²) in [6.07, 6.45) is 1.56. The van der Waals surface area contributed by atoms with E-state index in [1.807, 2.05) is 42.5 Å². The number of aromatic nitrogens is 1. The number of ketones is 1. The van der Waals surface area contributed by atoms with Crippen LogP contribution in [-0.2, 0) is 0 Å². The first-order chi connectivity index (χ1) is 11.6. The largest absolute Gasteiger partial charge is 0.507 e. The van der Waals surface area contributed by atoms with Crippen molar-refractivity contribution in [3.05, 3.63) is 83.6 Å². The quantitative estimate of drug-likeness (QED) is 0.703. The lowest BCUT2D eigenvalue weighted by Gasteiger charge is -2.10. The minimum absolute atomic E-state index is 0.00321. The van der Waals surface area contributed by atoms with Crippen LogP contribution in [0, 0.1) is 0 Å². The summed E-state index contributed by atoms with van der Waals surface area (Å²) in [5.41, 5.74) is 3.61. The number of rotatable bonds is 4. The first-order valence-electron chi connectivity index (χ1n) is 7.95. The van der Waals surface area contributed by atoms with E-state index in [2.05, 4.69) is 18.8 Å². The van der Waals surface area contributed by atoms with Gasteiger partial charge in [0, 0.05) is 17.3 Å². The van der Waals surface area contributed by atoms with Crippen LogP contribution >= 0.6 is 0 Å². The van der Waals surface area contributed by atoms with Gasteiger partial charge in [0.1, 0.15) is 5.75 Å². The van der Waals surface area contributed by atoms with Crippen molar-refractivity contribution < 1.29 is 9.90 Å². The summed E-state index contributed by atoms with van der Waals surface area (Å²) in [5, 5.41) is 10.0. The molecule has 3 nitrogen and oxygen atoms in total. The second kappa shape index (κ2) is 6.67. The second-order valence-electron chi connectivity index (χ2n) is 6.06. The lowest BCUT2D eigenvalue weighted by Crippen LogP contribution is -2.04. The van der Waals surface area contributed by atoms with E-state index in [0.717, 1.165) is 16.8 Å². The summed E-state index contributed by atoms with van der Waals surface area (Å²) >= 11 is 0. The van der Waals surface area contributed by atoms with Crippen LogP contribution in [0.25, 0.3) is 11.3 Å². The maximum absolute atomic E-state index is 12.7. The molecule has 1 aromatic heterocycles.